The molecule has 0 amide bonds. The minimum atomic E-state index is 0.931. The summed E-state index contributed by atoms with van der Waals surface area (Å²) in [5.41, 5.74) is 0.983. The van der Waals surface area contributed by atoms with E-state index in [2.05, 4.69) is 22.2 Å². The van der Waals surface area contributed by atoms with Gasteiger partial charge in [-0.05, 0) is 13.3 Å². The van der Waals surface area contributed by atoms with Crippen molar-refractivity contribution in [1.29, 1.82) is 0 Å². The van der Waals surface area contributed by atoms with E-state index in [4.69, 9.17) is 0 Å². The number of rotatable bonds is 10. The van der Waals surface area contributed by atoms with Gasteiger partial charge in [0.1, 0.15) is 5.82 Å². The second kappa shape index (κ2) is 9.86. The molecule has 18 heavy (non-hydrogen) atoms. The molecule has 0 unspecified atom stereocenters. The van der Waals surface area contributed by atoms with Crippen molar-refractivity contribution in [1.82, 2.24) is 9.97 Å². The molecule has 0 saturated carbocycles. The Hall–Kier alpha value is -1.12. The molecule has 0 aliphatic carbocycles. The van der Waals surface area contributed by atoms with Gasteiger partial charge >= 0.3 is 0 Å². The van der Waals surface area contributed by atoms with Crippen LogP contribution in [0.5, 0.6) is 0 Å². The molecule has 0 aliphatic rings. The van der Waals surface area contributed by atoms with Crippen molar-refractivity contribution >= 4 is 5.82 Å². The number of nitrogens with zero attached hydrogens (tertiary/aromatic N) is 2. The quantitative estimate of drug-likeness (QED) is 0.627. The highest BCUT2D eigenvalue weighted by Crippen LogP contribution is 2.09. The van der Waals surface area contributed by atoms with Crippen molar-refractivity contribution in [2.45, 2.75) is 65.2 Å². The Balaban J connectivity index is 1.94. The van der Waals surface area contributed by atoms with Crippen LogP contribution in [0.4, 0.5) is 5.82 Å². The summed E-state index contributed by atoms with van der Waals surface area (Å²) in [6, 6.07) is 0. The summed E-state index contributed by atoms with van der Waals surface area (Å²) < 4.78 is 0. The molecule has 102 valence electrons. The van der Waals surface area contributed by atoms with Crippen LogP contribution in [0.2, 0.25) is 0 Å². The zero-order chi connectivity index (χ0) is 13.1. The molecule has 3 nitrogen and oxygen atoms in total. The molecule has 1 heterocycles. The van der Waals surface area contributed by atoms with Crippen molar-refractivity contribution in [2.75, 3.05) is 11.9 Å². The van der Waals surface area contributed by atoms with Gasteiger partial charge < -0.3 is 5.32 Å². The number of unbranched alkanes of at least 4 members (excludes halogenated alkanes) is 7. The zero-order valence-corrected chi connectivity index (χ0v) is 11.9. The molecule has 1 N–H and O–H groups in total. The van der Waals surface area contributed by atoms with Crippen LogP contribution in [0, 0.1) is 6.92 Å². The lowest BCUT2D eigenvalue weighted by Crippen LogP contribution is -2.05. The third-order valence-electron chi connectivity index (χ3n) is 3.20. The molecule has 0 atom stereocenters. The fourth-order valence-corrected chi connectivity index (χ4v) is 2.05. The summed E-state index contributed by atoms with van der Waals surface area (Å²) in [5, 5.41) is 3.35. The van der Waals surface area contributed by atoms with Crippen LogP contribution in [0.1, 0.15) is 64.0 Å². The molecule has 0 aromatic carbocycles. The van der Waals surface area contributed by atoms with Crippen molar-refractivity contribution in [3.05, 3.63) is 18.1 Å². The summed E-state index contributed by atoms with van der Waals surface area (Å²) >= 11 is 0. The third-order valence-corrected chi connectivity index (χ3v) is 3.20. The standard InChI is InChI=1S/C15H27N3/c1-3-4-5-6-7-8-9-10-11-17-15-14(2)16-12-13-18-15/h12-13H,3-11H2,1-2H3,(H,17,18). The van der Waals surface area contributed by atoms with Crippen LogP contribution in [-0.2, 0) is 0 Å². The lowest BCUT2D eigenvalue weighted by atomic mass is 10.1. The minimum Gasteiger partial charge on any atom is -0.369 e. The number of aryl methyl sites for hydroxylation is 1. The highest BCUT2D eigenvalue weighted by molar-refractivity contribution is 5.37. The van der Waals surface area contributed by atoms with E-state index in [1.54, 1.807) is 12.4 Å². The average molecular weight is 249 g/mol. The van der Waals surface area contributed by atoms with Crippen molar-refractivity contribution in [3.8, 4) is 0 Å². The second-order valence-electron chi connectivity index (χ2n) is 4.89. The summed E-state index contributed by atoms with van der Waals surface area (Å²) in [5.74, 6) is 0.931. The van der Waals surface area contributed by atoms with Gasteiger partial charge in [0.05, 0.1) is 5.69 Å². The summed E-state index contributed by atoms with van der Waals surface area (Å²) in [4.78, 5) is 8.48. The smallest absolute Gasteiger partial charge is 0.147 e. The van der Waals surface area contributed by atoms with Crippen LogP contribution in [-0.4, -0.2) is 16.5 Å². The van der Waals surface area contributed by atoms with E-state index in [9.17, 15) is 0 Å². The summed E-state index contributed by atoms with van der Waals surface area (Å²) in [6.07, 6.45) is 14.3. The first-order chi connectivity index (χ1) is 8.84. The Morgan fingerprint density at radius 3 is 2.17 bits per heavy atom. The SMILES string of the molecule is CCCCCCCCCCNc1nccnc1C. The van der Waals surface area contributed by atoms with Gasteiger partial charge in [-0.15, -0.1) is 0 Å². The van der Waals surface area contributed by atoms with Crippen molar-refractivity contribution in [2.24, 2.45) is 0 Å². The Morgan fingerprint density at radius 1 is 0.889 bits per heavy atom. The molecule has 0 fully saturated rings. The maximum atomic E-state index is 4.27. The van der Waals surface area contributed by atoms with E-state index >= 15 is 0 Å². The van der Waals surface area contributed by atoms with Gasteiger partial charge in [0.2, 0.25) is 0 Å². The Bertz CT molecular complexity index is 312. The number of anilines is 1. The highest BCUT2D eigenvalue weighted by Gasteiger charge is 1.98. The lowest BCUT2D eigenvalue weighted by molar-refractivity contribution is 0.581. The predicted molar refractivity (Wildman–Crippen MR) is 77.9 cm³/mol. The van der Waals surface area contributed by atoms with Crippen molar-refractivity contribution < 1.29 is 0 Å². The maximum Gasteiger partial charge on any atom is 0.147 e. The third kappa shape index (κ3) is 6.58. The first-order valence-corrected chi connectivity index (χ1v) is 7.36. The molecule has 3 heteroatoms. The molecule has 0 spiro atoms. The first-order valence-electron chi connectivity index (χ1n) is 7.36. The monoisotopic (exact) mass is 249 g/mol. The van der Waals surface area contributed by atoms with E-state index in [0.717, 1.165) is 18.1 Å². The number of aromatic nitrogens is 2. The predicted octanol–water partition coefficient (Wildman–Crippen LogP) is 4.34. The molecule has 1 aromatic heterocycles. The minimum absolute atomic E-state index is 0.931. The normalized spacial score (nSPS) is 10.6. The van der Waals surface area contributed by atoms with E-state index < -0.39 is 0 Å². The fraction of sp³-hybridized carbons (Fsp3) is 0.733. The summed E-state index contributed by atoms with van der Waals surface area (Å²) in [7, 11) is 0. The highest BCUT2D eigenvalue weighted by atomic mass is 15.0. The molecule has 1 rings (SSSR count). The Kier molecular flexibility index (Phi) is 8.19. The van der Waals surface area contributed by atoms with Gasteiger partial charge in [-0.25, -0.2) is 4.98 Å². The molecule has 0 saturated heterocycles. The van der Waals surface area contributed by atoms with Crippen LogP contribution >= 0.6 is 0 Å². The van der Waals surface area contributed by atoms with Gasteiger partial charge in [0.15, 0.2) is 0 Å². The number of nitrogens with one attached hydrogen (secondary N) is 1. The molecule has 1 aromatic rings. The van der Waals surface area contributed by atoms with E-state index in [1.165, 1.54) is 51.4 Å². The van der Waals surface area contributed by atoms with Crippen LogP contribution in [0.15, 0.2) is 12.4 Å². The number of hydrogen-bond acceptors (Lipinski definition) is 3. The van der Waals surface area contributed by atoms with Gasteiger partial charge in [-0.2, -0.15) is 0 Å². The van der Waals surface area contributed by atoms with Crippen LogP contribution in [0.25, 0.3) is 0 Å². The molecule has 0 bridgehead atoms. The van der Waals surface area contributed by atoms with Gasteiger partial charge in [-0.1, -0.05) is 51.9 Å². The Morgan fingerprint density at radius 2 is 1.50 bits per heavy atom. The molecular weight excluding hydrogens is 222 g/mol. The average Bonchev–Trinajstić information content (AvgIpc) is 2.39. The van der Waals surface area contributed by atoms with Crippen LogP contribution < -0.4 is 5.32 Å². The van der Waals surface area contributed by atoms with Gasteiger partial charge in [0.25, 0.3) is 0 Å². The molecular formula is C15H27N3. The van der Waals surface area contributed by atoms with Gasteiger partial charge in [-0.3, -0.25) is 4.98 Å². The van der Waals surface area contributed by atoms with Crippen LogP contribution in [0.3, 0.4) is 0 Å². The fourth-order valence-electron chi connectivity index (χ4n) is 2.05. The second-order valence-corrected chi connectivity index (χ2v) is 4.89. The Labute approximate surface area is 111 Å². The summed E-state index contributed by atoms with van der Waals surface area (Å²) in [6.45, 7) is 5.26. The lowest BCUT2D eigenvalue weighted by Gasteiger charge is -2.07. The molecule has 0 aliphatic heterocycles. The maximum absolute atomic E-state index is 4.27. The van der Waals surface area contributed by atoms with E-state index in [-0.39, 0.29) is 0 Å². The van der Waals surface area contributed by atoms with Gasteiger partial charge in [0, 0.05) is 18.9 Å². The number of hydrogen-bond donors (Lipinski definition) is 1. The van der Waals surface area contributed by atoms with Crippen molar-refractivity contribution in [3.63, 3.8) is 0 Å². The first kappa shape index (κ1) is 14.9. The largest absolute Gasteiger partial charge is 0.369 e. The molecule has 0 radical (unpaired) electrons. The topological polar surface area (TPSA) is 37.8 Å². The van der Waals surface area contributed by atoms with E-state index in [1.807, 2.05) is 6.92 Å². The zero-order valence-electron chi connectivity index (χ0n) is 11.9. The van der Waals surface area contributed by atoms with E-state index in [0.29, 0.717) is 0 Å².